The normalized spacial score (nSPS) is 25.9. The average Bonchev–Trinajstić information content (AvgIpc) is 1.84. The Morgan fingerprint density at radius 3 is 2.90 bits per heavy atom. The summed E-state index contributed by atoms with van der Waals surface area (Å²) < 4.78 is 0. The number of nitrogens with zero attached hydrogens (tertiary/aromatic N) is 2. The van der Waals surface area contributed by atoms with E-state index in [-0.39, 0.29) is 0 Å². The first-order chi connectivity index (χ1) is 4.61. The van der Waals surface area contributed by atoms with Gasteiger partial charge in [-0.15, -0.1) is 0 Å². The van der Waals surface area contributed by atoms with Crippen LogP contribution in [0.1, 0.15) is 6.92 Å². The second-order valence-electron chi connectivity index (χ2n) is 2.34. The number of aliphatic imine (C=N–C) groups is 1. The fourth-order valence-electron chi connectivity index (χ4n) is 0.756. The summed E-state index contributed by atoms with van der Waals surface area (Å²) in [6.07, 6.45) is 0.941. The first-order valence-electron chi connectivity index (χ1n) is 3.03. The Kier molecular flexibility index (Phi) is 1.63. The molecule has 0 amide bonds. The van der Waals surface area contributed by atoms with Gasteiger partial charge >= 0.3 is 0 Å². The van der Waals surface area contributed by atoms with Gasteiger partial charge in [0, 0.05) is 18.8 Å². The largest absolute Gasteiger partial charge is 0.384 e. The molecule has 1 rings (SSSR count). The fraction of sp³-hybridized carbons (Fsp3) is 0.500. The first kappa shape index (κ1) is 7.08. The minimum atomic E-state index is -0.816. The molecular formula is C6H11N3O. The predicted octanol–water partition coefficient (Wildman–Crippen LogP) is -0.531. The molecule has 0 aromatic rings. The van der Waals surface area contributed by atoms with Gasteiger partial charge in [-0.1, -0.05) is 0 Å². The van der Waals surface area contributed by atoms with Crippen LogP contribution in [-0.4, -0.2) is 29.2 Å². The third-order valence-electron chi connectivity index (χ3n) is 1.42. The number of hydrogen-bond acceptors (Lipinski definition) is 4. The Bertz CT molecular complexity index is 175. The van der Waals surface area contributed by atoms with Crippen LogP contribution in [0.5, 0.6) is 0 Å². The van der Waals surface area contributed by atoms with Gasteiger partial charge < -0.3 is 15.7 Å². The summed E-state index contributed by atoms with van der Waals surface area (Å²) in [5, 5.41) is 9.08. The van der Waals surface area contributed by atoms with Crippen molar-refractivity contribution in [2.75, 3.05) is 7.05 Å². The summed E-state index contributed by atoms with van der Waals surface area (Å²) in [4.78, 5) is 5.34. The molecule has 1 atom stereocenters. The van der Waals surface area contributed by atoms with Gasteiger partial charge in [0.05, 0.1) is 0 Å². The first-order valence-corrected chi connectivity index (χ1v) is 3.03. The Labute approximate surface area is 59.7 Å². The van der Waals surface area contributed by atoms with Crippen molar-refractivity contribution in [1.29, 1.82) is 0 Å². The lowest BCUT2D eigenvalue weighted by Crippen LogP contribution is -2.33. The highest BCUT2D eigenvalue weighted by molar-refractivity contribution is 5.96. The molecule has 1 aliphatic heterocycles. The van der Waals surface area contributed by atoms with E-state index in [0.717, 1.165) is 5.57 Å². The Morgan fingerprint density at radius 1 is 1.80 bits per heavy atom. The van der Waals surface area contributed by atoms with E-state index in [1.165, 1.54) is 0 Å². The molecule has 0 aromatic heterocycles. The molecule has 0 saturated heterocycles. The van der Waals surface area contributed by atoms with Gasteiger partial charge in [0.2, 0.25) is 6.35 Å². The number of nitrogens with two attached hydrogens (primary N) is 1. The summed E-state index contributed by atoms with van der Waals surface area (Å²) in [5.74, 6) is 0.408. The molecule has 0 spiro atoms. The van der Waals surface area contributed by atoms with E-state index in [1.54, 1.807) is 18.1 Å². The standard InChI is InChI=1S/C6H11N3O/c1-4-3-9(2)6(10)8-5(4)7/h3,6,10H,1-2H3,(H2,7,8). The molecule has 0 saturated carbocycles. The van der Waals surface area contributed by atoms with Gasteiger partial charge in [-0.25, -0.2) is 4.99 Å². The molecule has 1 unspecified atom stereocenters. The van der Waals surface area contributed by atoms with Crippen LogP contribution >= 0.6 is 0 Å². The highest BCUT2D eigenvalue weighted by Gasteiger charge is 2.12. The average molecular weight is 141 g/mol. The monoisotopic (exact) mass is 141 g/mol. The molecule has 0 aliphatic carbocycles. The van der Waals surface area contributed by atoms with Gasteiger partial charge in [0.1, 0.15) is 5.84 Å². The van der Waals surface area contributed by atoms with Crippen LogP contribution in [0, 0.1) is 0 Å². The van der Waals surface area contributed by atoms with E-state index >= 15 is 0 Å². The molecule has 56 valence electrons. The van der Waals surface area contributed by atoms with Gasteiger partial charge in [-0.05, 0) is 6.92 Å². The van der Waals surface area contributed by atoms with Crippen LogP contribution in [0.4, 0.5) is 0 Å². The SMILES string of the molecule is CC1=CN(C)C(O)N=C1N. The summed E-state index contributed by atoms with van der Waals surface area (Å²) in [6.45, 7) is 1.85. The molecule has 0 radical (unpaired) electrons. The molecule has 0 fully saturated rings. The van der Waals surface area contributed by atoms with Crippen molar-refractivity contribution in [1.82, 2.24) is 4.90 Å². The number of amidine groups is 1. The highest BCUT2D eigenvalue weighted by Crippen LogP contribution is 2.06. The zero-order valence-corrected chi connectivity index (χ0v) is 6.07. The van der Waals surface area contributed by atoms with E-state index in [0.29, 0.717) is 5.84 Å². The maximum absolute atomic E-state index is 9.08. The molecule has 4 heteroatoms. The zero-order valence-electron chi connectivity index (χ0n) is 6.07. The van der Waals surface area contributed by atoms with Gasteiger partial charge in [0.15, 0.2) is 0 Å². The van der Waals surface area contributed by atoms with Gasteiger partial charge in [-0.3, -0.25) is 0 Å². The van der Waals surface area contributed by atoms with Crippen molar-refractivity contribution >= 4 is 5.84 Å². The topological polar surface area (TPSA) is 61.8 Å². The fourth-order valence-corrected chi connectivity index (χ4v) is 0.756. The Hall–Kier alpha value is -1.03. The van der Waals surface area contributed by atoms with Crippen molar-refractivity contribution in [3.8, 4) is 0 Å². The highest BCUT2D eigenvalue weighted by atomic mass is 16.3. The molecule has 1 aliphatic rings. The van der Waals surface area contributed by atoms with Crippen molar-refractivity contribution in [2.45, 2.75) is 13.3 Å². The molecule has 3 N–H and O–H groups in total. The molecule has 1 heterocycles. The van der Waals surface area contributed by atoms with Crippen molar-refractivity contribution < 1.29 is 5.11 Å². The maximum Gasteiger partial charge on any atom is 0.226 e. The summed E-state index contributed by atoms with van der Waals surface area (Å²) in [5.41, 5.74) is 6.31. The van der Waals surface area contributed by atoms with Crippen molar-refractivity contribution in [2.24, 2.45) is 10.7 Å². The summed E-state index contributed by atoms with van der Waals surface area (Å²) in [6, 6.07) is 0. The van der Waals surface area contributed by atoms with E-state index in [1.807, 2.05) is 6.92 Å². The van der Waals surface area contributed by atoms with Crippen molar-refractivity contribution in [3.63, 3.8) is 0 Å². The number of aliphatic hydroxyl groups excluding tert-OH is 1. The lowest BCUT2D eigenvalue weighted by molar-refractivity contribution is 0.0609. The second kappa shape index (κ2) is 2.30. The summed E-state index contributed by atoms with van der Waals surface area (Å²) >= 11 is 0. The molecular weight excluding hydrogens is 130 g/mol. The quantitative estimate of drug-likeness (QED) is 0.476. The lowest BCUT2D eigenvalue weighted by atomic mass is 10.3. The van der Waals surface area contributed by atoms with Gasteiger partial charge in [-0.2, -0.15) is 0 Å². The molecule has 0 bridgehead atoms. The molecule has 4 nitrogen and oxygen atoms in total. The lowest BCUT2D eigenvalue weighted by Gasteiger charge is -2.23. The van der Waals surface area contributed by atoms with E-state index in [2.05, 4.69) is 4.99 Å². The van der Waals surface area contributed by atoms with Crippen LogP contribution in [0.3, 0.4) is 0 Å². The van der Waals surface area contributed by atoms with E-state index in [9.17, 15) is 0 Å². The third-order valence-corrected chi connectivity index (χ3v) is 1.42. The minimum absolute atomic E-state index is 0.408. The van der Waals surface area contributed by atoms with Crippen LogP contribution < -0.4 is 5.73 Å². The maximum atomic E-state index is 9.08. The summed E-state index contributed by atoms with van der Waals surface area (Å²) in [7, 11) is 1.74. The zero-order chi connectivity index (χ0) is 7.72. The number of hydrogen-bond donors (Lipinski definition) is 2. The van der Waals surface area contributed by atoms with Crippen LogP contribution in [0.25, 0.3) is 0 Å². The molecule has 10 heavy (non-hydrogen) atoms. The van der Waals surface area contributed by atoms with Crippen LogP contribution in [0.2, 0.25) is 0 Å². The molecule has 0 aromatic carbocycles. The smallest absolute Gasteiger partial charge is 0.226 e. The van der Waals surface area contributed by atoms with Gasteiger partial charge in [0.25, 0.3) is 0 Å². The van der Waals surface area contributed by atoms with E-state index < -0.39 is 6.35 Å². The number of rotatable bonds is 0. The Balaban J connectivity index is 2.83. The van der Waals surface area contributed by atoms with E-state index in [4.69, 9.17) is 10.8 Å². The number of aliphatic hydroxyl groups is 1. The van der Waals surface area contributed by atoms with Crippen LogP contribution in [-0.2, 0) is 0 Å². The van der Waals surface area contributed by atoms with Crippen molar-refractivity contribution in [3.05, 3.63) is 11.8 Å². The minimum Gasteiger partial charge on any atom is -0.384 e. The Morgan fingerprint density at radius 2 is 2.40 bits per heavy atom. The second-order valence-corrected chi connectivity index (χ2v) is 2.34. The third kappa shape index (κ3) is 1.11. The predicted molar refractivity (Wildman–Crippen MR) is 39.1 cm³/mol. The van der Waals surface area contributed by atoms with Crippen LogP contribution in [0.15, 0.2) is 16.8 Å².